The Hall–Kier alpha value is -2.81. The van der Waals surface area contributed by atoms with Gasteiger partial charge in [0.15, 0.2) is 0 Å². The van der Waals surface area contributed by atoms with Gasteiger partial charge >= 0.3 is 5.97 Å². The summed E-state index contributed by atoms with van der Waals surface area (Å²) in [6, 6.07) is 5.88. The molecule has 1 aliphatic rings. The molecule has 0 saturated carbocycles. The van der Waals surface area contributed by atoms with Gasteiger partial charge in [-0.15, -0.1) is 0 Å². The second-order valence-electron chi connectivity index (χ2n) is 6.37. The first kappa shape index (κ1) is 19.0. The van der Waals surface area contributed by atoms with Crippen LogP contribution in [0.25, 0.3) is 0 Å². The van der Waals surface area contributed by atoms with E-state index in [-0.39, 0.29) is 23.7 Å². The van der Waals surface area contributed by atoms with Crippen LogP contribution in [0.15, 0.2) is 24.3 Å². The molecule has 0 spiro atoms. The fourth-order valence-electron chi connectivity index (χ4n) is 3.01. The zero-order chi connectivity index (χ0) is 19.2. The number of likely N-dealkylation sites (tertiary alicyclic amines) is 1. The molecule has 0 atom stereocenters. The Labute approximate surface area is 157 Å². The maximum atomic E-state index is 13.0. The number of carbonyl (C=O) groups excluding carboxylic acids is 1. The van der Waals surface area contributed by atoms with Crippen LogP contribution in [0.2, 0.25) is 0 Å². The molecule has 1 fully saturated rings. The molecule has 3 rings (SSSR count). The van der Waals surface area contributed by atoms with Gasteiger partial charge in [-0.3, -0.25) is 9.69 Å². The molecule has 1 aromatic carbocycles. The van der Waals surface area contributed by atoms with Gasteiger partial charge in [-0.2, -0.15) is 15.0 Å². The number of carbonyl (C=O) groups is 1. The highest BCUT2D eigenvalue weighted by Gasteiger charge is 2.26. The van der Waals surface area contributed by atoms with Crippen LogP contribution in [-0.4, -0.2) is 45.5 Å². The first-order valence-corrected chi connectivity index (χ1v) is 8.95. The van der Waals surface area contributed by atoms with Crippen LogP contribution in [0.4, 0.5) is 22.0 Å². The molecule has 3 N–H and O–H groups in total. The minimum absolute atomic E-state index is 0.0414. The Bertz CT molecular complexity index is 778. The topological polar surface area (TPSA) is 106 Å². The van der Waals surface area contributed by atoms with E-state index in [4.69, 9.17) is 10.5 Å². The van der Waals surface area contributed by atoms with Gasteiger partial charge in [-0.25, -0.2) is 4.39 Å². The van der Waals surface area contributed by atoms with E-state index in [0.29, 0.717) is 30.6 Å². The first-order valence-electron chi connectivity index (χ1n) is 8.95. The average molecular weight is 374 g/mol. The molecule has 1 saturated heterocycles. The normalized spacial score (nSPS) is 15.5. The third kappa shape index (κ3) is 5.33. The van der Waals surface area contributed by atoms with E-state index >= 15 is 0 Å². The SMILES string of the molecule is CCOC(=O)C1CCN(Cc2nc(N)nc(Nc3ccc(F)cc3)n2)CC1. The summed E-state index contributed by atoms with van der Waals surface area (Å²) in [5.41, 5.74) is 6.45. The van der Waals surface area contributed by atoms with E-state index < -0.39 is 0 Å². The summed E-state index contributed by atoms with van der Waals surface area (Å²) in [4.78, 5) is 26.6. The molecule has 0 bridgehead atoms. The van der Waals surface area contributed by atoms with Crippen molar-refractivity contribution in [2.45, 2.75) is 26.3 Å². The number of benzene rings is 1. The number of nitrogens with one attached hydrogen (secondary N) is 1. The summed E-state index contributed by atoms with van der Waals surface area (Å²) in [6.45, 7) is 4.26. The van der Waals surface area contributed by atoms with E-state index in [0.717, 1.165) is 25.9 Å². The molecule has 1 aliphatic heterocycles. The van der Waals surface area contributed by atoms with Crippen LogP contribution in [0.5, 0.6) is 0 Å². The zero-order valence-corrected chi connectivity index (χ0v) is 15.2. The van der Waals surface area contributed by atoms with Crippen molar-refractivity contribution in [1.82, 2.24) is 19.9 Å². The molecule has 0 amide bonds. The molecular formula is C18H23FN6O2. The van der Waals surface area contributed by atoms with Gasteiger partial charge in [0.1, 0.15) is 11.6 Å². The second kappa shape index (κ2) is 8.72. The molecule has 8 nitrogen and oxygen atoms in total. The minimum Gasteiger partial charge on any atom is -0.466 e. The average Bonchev–Trinajstić information content (AvgIpc) is 2.64. The summed E-state index contributed by atoms with van der Waals surface area (Å²) in [7, 11) is 0. The molecule has 2 aromatic rings. The molecule has 144 valence electrons. The number of anilines is 3. The number of nitrogen functional groups attached to an aromatic ring is 1. The van der Waals surface area contributed by atoms with Crippen molar-refractivity contribution in [2.24, 2.45) is 5.92 Å². The Morgan fingerprint density at radius 2 is 1.96 bits per heavy atom. The predicted octanol–water partition coefficient (Wildman–Crippen LogP) is 2.11. The number of piperidine rings is 1. The highest BCUT2D eigenvalue weighted by Crippen LogP contribution is 2.20. The standard InChI is InChI=1S/C18H23FN6O2/c1-2-27-16(26)12-7-9-25(10-8-12)11-15-22-17(20)24-18(23-15)21-14-5-3-13(19)4-6-14/h3-6,12H,2,7-11H2,1H3,(H3,20,21,22,23,24). The van der Waals surface area contributed by atoms with Gasteiger partial charge in [-0.05, 0) is 57.1 Å². The Morgan fingerprint density at radius 3 is 2.63 bits per heavy atom. The summed E-state index contributed by atoms with van der Waals surface area (Å²) in [5.74, 6) is 0.494. The van der Waals surface area contributed by atoms with Crippen molar-refractivity contribution in [3.8, 4) is 0 Å². The number of hydrogen-bond acceptors (Lipinski definition) is 8. The number of rotatable bonds is 6. The highest BCUT2D eigenvalue weighted by atomic mass is 19.1. The lowest BCUT2D eigenvalue weighted by molar-refractivity contribution is -0.149. The van der Waals surface area contributed by atoms with Crippen LogP contribution in [0.3, 0.4) is 0 Å². The Balaban J connectivity index is 1.60. The van der Waals surface area contributed by atoms with Crippen molar-refractivity contribution < 1.29 is 13.9 Å². The fourth-order valence-corrected chi connectivity index (χ4v) is 3.01. The van der Waals surface area contributed by atoms with Gasteiger partial charge in [0.2, 0.25) is 11.9 Å². The molecule has 0 unspecified atom stereocenters. The summed E-state index contributed by atoms with van der Waals surface area (Å²) < 4.78 is 18.1. The van der Waals surface area contributed by atoms with Crippen LogP contribution < -0.4 is 11.1 Å². The quantitative estimate of drug-likeness (QED) is 0.741. The number of ether oxygens (including phenoxy) is 1. The minimum atomic E-state index is -0.317. The molecule has 1 aromatic heterocycles. The maximum Gasteiger partial charge on any atom is 0.309 e. The van der Waals surface area contributed by atoms with Gasteiger partial charge in [0.25, 0.3) is 0 Å². The zero-order valence-electron chi connectivity index (χ0n) is 15.2. The van der Waals surface area contributed by atoms with Gasteiger partial charge < -0.3 is 15.8 Å². The van der Waals surface area contributed by atoms with Crippen molar-refractivity contribution in [3.05, 3.63) is 35.9 Å². The van der Waals surface area contributed by atoms with E-state index in [2.05, 4.69) is 25.2 Å². The number of halogens is 1. The predicted molar refractivity (Wildman–Crippen MR) is 98.6 cm³/mol. The third-order valence-electron chi connectivity index (χ3n) is 4.37. The van der Waals surface area contributed by atoms with Crippen LogP contribution in [-0.2, 0) is 16.1 Å². The van der Waals surface area contributed by atoms with E-state index in [1.807, 2.05) is 6.92 Å². The highest BCUT2D eigenvalue weighted by molar-refractivity contribution is 5.72. The van der Waals surface area contributed by atoms with Crippen molar-refractivity contribution in [1.29, 1.82) is 0 Å². The number of nitrogens with two attached hydrogens (primary N) is 1. The summed E-state index contributed by atoms with van der Waals surface area (Å²) in [5, 5.41) is 3.00. The fraction of sp³-hybridized carbons (Fsp3) is 0.444. The van der Waals surface area contributed by atoms with Crippen LogP contribution >= 0.6 is 0 Å². The molecule has 27 heavy (non-hydrogen) atoms. The van der Waals surface area contributed by atoms with E-state index in [9.17, 15) is 9.18 Å². The second-order valence-corrected chi connectivity index (χ2v) is 6.37. The number of aromatic nitrogens is 3. The smallest absolute Gasteiger partial charge is 0.309 e. The summed E-state index contributed by atoms with van der Waals surface area (Å²) in [6.07, 6.45) is 1.50. The first-order chi connectivity index (χ1) is 13.0. The number of hydrogen-bond donors (Lipinski definition) is 2. The molecule has 2 heterocycles. The lowest BCUT2D eigenvalue weighted by atomic mass is 9.97. The van der Waals surface area contributed by atoms with Gasteiger partial charge in [0, 0.05) is 5.69 Å². The maximum absolute atomic E-state index is 13.0. The molecule has 0 radical (unpaired) electrons. The van der Waals surface area contributed by atoms with E-state index in [1.165, 1.54) is 12.1 Å². The third-order valence-corrected chi connectivity index (χ3v) is 4.37. The van der Waals surface area contributed by atoms with Gasteiger partial charge in [0.05, 0.1) is 19.1 Å². The monoisotopic (exact) mass is 374 g/mol. The van der Waals surface area contributed by atoms with Crippen molar-refractivity contribution >= 4 is 23.6 Å². The van der Waals surface area contributed by atoms with Gasteiger partial charge in [-0.1, -0.05) is 0 Å². The van der Waals surface area contributed by atoms with Crippen molar-refractivity contribution in [3.63, 3.8) is 0 Å². The van der Waals surface area contributed by atoms with Crippen LogP contribution in [0.1, 0.15) is 25.6 Å². The number of nitrogens with zero attached hydrogens (tertiary/aromatic N) is 4. The Morgan fingerprint density at radius 1 is 1.26 bits per heavy atom. The Kier molecular flexibility index (Phi) is 6.12. The molecule has 9 heteroatoms. The lowest BCUT2D eigenvalue weighted by Gasteiger charge is -2.30. The summed E-state index contributed by atoms with van der Waals surface area (Å²) >= 11 is 0. The van der Waals surface area contributed by atoms with Crippen LogP contribution in [0, 0.1) is 11.7 Å². The van der Waals surface area contributed by atoms with E-state index in [1.54, 1.807) is 12.1 Å². The van der Waals surface area contributed by atoms with Crippen molar-refractivity contribution in [2.75, 3.05) is 30.7 Å². The largest absolute Gasteiger partial charge is 0.466 e. The lowest BCUT2D eigenvalue weighted by Crippen LogP contribution is -2.37. The number of esters is 1. The molecular weight excluding hydrogens is 351 g/mol. The molecule has 0 aliphatic carbocycles.